The van der Waals surface area contributed by atoms with Gasteiger partial charge in [-0.05, 0) is 43.5 Å². The van der Waals surface area contributed by atoms with E-state index in [0.29, 0.717) is 30.0 Å². The Morgan fingerprint density at radius 3 is 2.47 bits per heavy atom. The molecule has 0 atom stereocenters. The average molecular weight is 473 g/mol. The van der Waals surface area contributed by atoms with Gasteiger partial charge in [0, 0.05) is 29.0 Å². The lowest BCUT2D eigenvalue weighted by atomic mass is 9.44. The Balaban J connectivity index is 1.10. The minimum absolute atomic E-state index is 0.112. The van der Waals surface area contributed by atoms with E-state index in [4.69, 9.17) is 20.8 Å². The van der Waals surface area contributed by atoms with Crippen LogP contribution in [0.5, 0.6) is 0 Å². The predicted octanol–water partition coefficient (Wildman–Crippen LogP) is 3.59. The van der Waals surface area contributed by atoms with Crippen molar-refractivity contribution in [2.24, 2.45) is 0 Å². The summed E-state index contributed by atoms with van der Waals surface area (Å²) in [6.07, 6.45) is -2.24. The van der Waals surface area contributed by atoms with Gasteiger partial charge in [-0.2, -0.15) is 0 Å². The summed E-state index contributed by atoms with van der Waals surface area (Å²) < 4.78 is 52.6. The van der Waals surface area contributed by atoms with Crippen molar-refractivity contribution in [3.63, 3.8) is 0 Å². The Labute approximate surface area is 185 Å². The van der Waals surface area contributed by atoms with Crippen molar-refractivity contribution in [3.05, 3.63) is 46.0 Å². The first-order valence-electron chi connectivity index (χ1n) is 10.2. The fourth-order valence-corrected chi connectivity index (χ4v) is 5.13. The van der Waals surface area contributed by atoms with E-state index in [1.54, 1.807) is 35.0 Å². The summed E-state index contributed by atoms with van der Waals surface area (Å²) in [5, 5.41) is 3.52. The molecule has 1 aromatic heterocycles. The molecule has 172 valence electrons. The summed E-state index contributed by atoms with van der Waals surface area (Å²) in [5.74, 6) is -0.311. The van der Waals surface area contributed by atoms with Gasteiger partial charge in [-0.15, -0.1) is 13.2 Å². The molecule has 2 bridgehead atoms. The van der Waals surface area contributed by atoms with E-state index in [0.717, 1.165) is 5.56 Å². The standard InChI is InChI=1S/C21H20ClF3N2O5/c22-13-3-1-12(2-4-13)16-7-27(18(29)31-16)20-9-19(10-20,11-20)26-17(28)8-30-14-5-15(6-14)32-21(23,24)25/h1-4,7,14-15H,5-6,8-11H2,(H,26,28). The third-order valence-electron chi connectivity index (χ3n) is 6.49. The second kappa shape index (κ2) is 7.36. The number of amides is 1. The van der Waals surface area contributed by atoms with Crippen LogP contribution in [0.4, 0.5) is 13.2 Å². The number of carbonyl (C=O) groups is 1. The van der Waals surface area contributed by atoms with Crippen molar-refractivity contribution in [2.45, 2.75) is 61.8 Å². The highest BCUT2D eigenvalue weighted by Crippen LogP contribution is 2.64. The largest absolute Gasteiger partial charge is 0.522 e. The van der Waals surface area contributed by atoms with Gasteiger partial charge in [-0.1, -0.05) is 11.6 Å². The maximum Gasteiger partial charge on any atom is 0.522 e. The summed E-state index contributed by atoms with van der Waals surface area (Å²) in [6, 6.07) is 6.98. The minimum Gasteiger partial charge on any atom is -0.408 e. The summed E-state index contributed by atoms with van der Waals surface area (Å²) in [6.45, 7) is -0.218. The lowest BCUT2D eigenvalue weighted by Crippen LogP contribution is -2.79. The Morgan fingerprint density at radius 2 is 1.84 bits per heavy atom. The Hall–Kier alpha value is -2.30. The number of hydrogen-bond acceptors (Lipinski definition) is 5. The summed E-state index contributed by atoms with van der Waals surface area (Å²) >= 11 is 5.90. The van der Waals surface area contributed by atoms with Crippen molar-refractivity contribution >= 4 is 17.5 Å². The van der Waals surface area contributed by atoms with Gasteiger partial charge >= 0.3 is 12.1 Å². The van der Waals surface area contributed by atoms with E-state index < -0.39 is 24.3 Å². The van der Waals surface area contributed by atoms with Gasteiger partial charge in [-0.3, -0.25) is 14.1 Å². The summed E-state index contributed by atoms with van der Waals surface area (Å²) in [4.78, 5) is 24.6. The van der Waals surface area contributed by atoms with Crippen LogP contribution >= 0.6 is 11.6 Å². The van der Waals surface area contributed by atoms with Gasteiger partial charge < -0.3 is 14.5 Å². The average Bonchev–Trinajstić information content (AvgIpc) is 3.00. The fraction of sp³-hybridized carbons (Fsp3) is 0.524. The molecule has 1 amide bonds. The number of aromatic nitrogens is 1. The SMILES string of the molecule is O=C(COC1CC(OC(F)(F)F)C1)NC12CC(n3cc(-c4ccc(Cl)cc4)oc3=O)(C1)C2. The second-order valence-electron chi connectivity index (χ2n) is 8.91. The van der Waals surface area contributed by atoms with Crippen molar-refractivity contribution in [2.75, 3.05) is 6.61 Å². The molecule has 4 aliphatic rings. The molecule has 0 aliphatic heterocycles. The molecular formula is C21H20ClF3N2O5. The predicted molar refractivity (Wildman–Crippen MR) is 106 cm³/mol. The van der Waals surface area contributed by atoms with Crippen LogP contribution < -0.4 is 11.1 Å². The van der Waals surface area contributed by atoms with Gasteiger partial charge in [0.05, 0.1) is 23.9 Å². The van der Waals surface area contributed by atoms with E-state index in [1.807, 2.05) is 0 Å². The summed E-state index contributed by atoms with van der Waals surface area (Å²) in [5.41, 5.74) is 0.00477. The smallest absolute Gasteiger partial charge is 0.408 e. The highest BCUT2D eigenvalue weighted by molar-refractivity contribution is 6.30. The second-order valence-corrected chi connectivity index (χ2v) is 9.35. The zero-order valence-electron chi connectivity index (χ0n) is 16.8. The monoisotopic (exact) mass is 472 g/mol. The van der Waals surface area contributed by atoms with Crippen molar-refractivity contribution in [1.82, 2.24) is 9.88 Å². The van der Waals surface area contributed by atoms with Crippen LogP contribution in [0, 0.1) is 0 Å². The van der Waals surface area contributed by atoms with Crippen molar-refractivity contribution in [1.29, 1.82) is 0 Å². The topological polar surface area (TPSA) is 82.7 Å². The molecule has 32 heavy (non-hydrogen) atoms. The first-order valence-corrected chi connectivity index (χ1v) is 10.6. The number of benzene rings is 1. The first-order chi connectivity index (χ1) is 15.0. The van der Waals surface area contributed by atoms with Crippen LogP contribution in [0.1, 0.15) is 32.1 Å². The molecule has 4 saturated carbocycles. The zero-order valence-corrected chi connectivity index (χ0v) is 17.5. The quantitative estimate of drug-likeness (QED) is 0.666. The van der Waals surface area contributed by atoms with Crippen LogP contribution in [0.3, 0.4) is 0 Å². The number of ether oxygens (including phenoxy) is 2. The molecule has 1 aromatic carbocycles. The number of hydrogen-bond donors (Lipinski definition) is 1. The van der Waals surface area contributed by atoms with Crippen LogP contribution in [0.15, 0.2) is 39.7 Å². The van der Waals surface area contributed by atoms with Crippen LogP contribution in [-0.2, 0) is 19.8 Å². The number of rotatable bonds is 7. The molecule has 11 heteroatoms. The van der Waals surface area contributed by atoms with Gasteiger partial charge in [0.25, 0.3) is 0 Å². The summed E-state index contributed by atoms with van der Waals surface area (Å²) in [7, 11) is 0. The third kappa shape index (κ3) is 3.95. The Morgan fingerprint density at radius 1 is 1.19 bits per heavy atom. The minimum atomic E-state index is -4.65. The lowest BCUT2D eigenvalue weighted by molar-refractivity contribution is -0.357. The van der Waals surface area contributed by atoms with Crippen LogP contribution in [-0.4, -0.2) is 41.2 Å². The Kier molecular flexibility index (Phi) is 4.95. The highest BCUT2D eigenvalue weighted by atomic mass is 35.5. The van der Waals surface area contributed by atoms with Gasteiger partial charge in [-0.25, -0.2) is 4.79 Å². The third-order valence-corrected chi connectivity index (χ3v) is 6.74. The molecular weight excluding hydrogens is 453 g/mol. The Bertz CT molecular complexity index is 1070. The normalized spacial score (nSPS) is 30.8. The van der Waals surface area contributed by atoms with Crippen molar-refractivity contribution in [3.8, 4) is 11.3 Å². The molecule has 2 aromatic rings. The maximum atomic E-state index is 12.4. The molecule has 0 radical (unpaired) electrons. The molecule has 0 spiro atoms. The molecule has 7 nitrogen and oxygen atoms in total. The molecule has 1 heterocycles. The van der Waals surface area contributed by atoms with Crippen LogP contribution in [0.2, 0.25) is 5.02 Å². The molecule has 0 saturated heterocycles. The molecule has 0 unspecified atom stereocenters. The van der Waals surface area contributed by atoms with Gasteiger partial charge in [0.2, 0.25) is 5.91 Å². The maximum absolute atomic E-state index is 12.4. The highest BCUT2D eigenvalue weighted by Gasteiger charge is 2.70. The van der Waals surface area contributed by atoms with Gasteiger partial charge in [0.15, 0.2) is 5.76 Å². The van der Waals surface area contributed by atoms with E-state index in [9.17, 15) is 22.8 Å². The van der Waals surface area contributed by atoms with Crippen molar-refractivity contribution < 1.29 is 31.9 Å². The van der Waals surface area contributed by atoms with E-state index >= 15 is 0 Å². The molecule has 1 N–H and O–H groups in total. The number of nitrogens with one attached hydrogen (secondary N) is 1. The molecule has 4 fully saturated rings. The number of carbonyl (C=O) groups excluding carboxylic acids is 1. The lowest BCUT2D eigenvalue weighted by Gasteiger charge is -2.70. The van der Waals surface area contributed by atoms with Gasteiger partial charge in [0.1, 0.15) is 6.61 Å². The van der Waals surface area contributed by atoms with E-state index in [1.165, 1.54) is 0 Å². The number of alkyl halides is 3. The number of halogens is 4. The fourth-order valence-electron chi connectivity index (χ4n) is 5.00. The van der Waals surface area contributed by atoms with E-state index in [-0.39, 0.29) is 36.4 Å². The number of oxazole rings is 1. The molecule has 4 aliphatic carbocycles. The molecule has 6 rings (SSSR count). The van der Waals surface area contributed by atoms with E-state index in [2.05, 4.69) is 10.1 Å². The number of nitrogens with zero attached hydrogens (tertiary/aromatic N) is 1. The first kappa shape index (κ1) is 21.5. The zero-order chi connectivity index (χ0) is 22.7. The van der Waals surface area contributed by atoms with Crippen LogP contribution in [0.25, 0.3) is 11.3 Å².